The number of methoxy groups -OCH3 is 2. The van der Waals surface area contributed by atoms with Gasteiger partial charge in [0.2, 0.25) is 0 Å². The maximum atomic E-state index is 11.3. The first kappa shape index (κ1) is 110. The van der Waals surface area contributed by atoms with Crippen LogP contribution in [-0.4, -0.2) is 91.5 Å². The van der Waals surface area contributed by atoms with Crippen molar-refractivity contribution in [2.45, 2.75) is 224 Å². The Hall–Kier alpha value is -11.1. The van der Waals surface area contributed by atoms with Crippen molar-refractivity contribution in [1.29, 1.82) is 0 Å². The number of hydrogen-bond donors (Lipinski definition) is 2. The van der Waals surface area contributed by atoms with Gasteiger partial charge in [-0.25, -0.2) is 9.59 Å². The van der Waals surface area contributed by atoms with Crippen LogP contribution in [0.3, 0.4) is 0 Å². The molecule has 638 valence electrons. The highest BCUT2D eigenvalue weighted by molar-refractivity contribution is 5.81. The lowest BCUT2D eigenvalue weighted by molar-refractivity contribution is -0.148. The fourth-order valence-electron chi connectivity index (χ4n) is 9.52. The van der Waals surface area contributed by atoms with Gasteiger partial charge in [-0.15, -0.1) is 0 Å². The molecular formula is C101H142N4O12. The van der Waals surface area contributed by atoms with Gasteiger partial charge in [-0.3, -0.25) is 19.4 Å². The molecule has 0 fully saturated rings. The Balaban J connectivity index is -0.00000124. The lowest BCUT2D eigenvalue weighted by Crippen LogP contribution is -2.34. The highest BCUT2D eigenvalue weighted by Gasteiger charge is 2.33. The molecule has 2 N–H and O–H groups in total. The summed E-state index contributed by atoms with van der Waals surface area (Å²) in [7, 11) is 7.56. The van der Waals surface area contributed by atoms with Crippen LogP contribution >= 0.6 is 0 Å². The van der Waals surface area contributed by atoms with E-state index in [0.717, 1.165) is 31.9 Å². The summed E-state index contributed by atoms with van der Waals surface area (Å²) in [5, 5.41) is 23.6. The number of phenolic OH excluding ortho intramolecular Hbond substituents is 1. The molecule has 0 radical (unpaired) electrons. The van der Waals surface area contributed by atoms with Crippen molar-refractivity contribution in [2.24, 2.45) is 10.2 Å². The molecule has 0 aliphatic carbocycles. The Morgan fingerprint density at radius 2 is 0.607 bits per heavy atom. The molecule has 0 bridgehead atoms. The molecular weight excluding hydrogens is 1460 g/mol. The van der Waals surface area contributed by atoms with Crippen molar-refractivity contribution in [1.82, 2.24) is 4.98 Å². The third-order valence-electron chi connectivity index (χ3n) is 18.2. The molecule has 6 unspecified atom stereocenters. The van der Waals surface area contributed by atoms with Crippen molar-refractivity contribution in [3.63, 3.8) is 0 Å². The number of pyridine rings is 1. The smallest absolute Gasteiger partial charge is 0.335 e. The molecule has 0 spiro atoms. The second-order valence-electron chi connectivity index (χ2n) is 28.4. The average molecular weight is 1600 g/mol. The highest BCUT2D eigenvalue weighted by atomic mass is 16.5. The highest BCUT2D eigenvalue weighted by Crippen LogP contribution is 2.26. The van der Waals surface area contributed by atoms with Crippen LogP contribution in [0.5, 0.6) is 23.0 Å². The zero-order valence-corrected chi connectivity index (χ0v) is 74.1. The number of aliphatic hydroxyl groups excluding tert-OH is 1. The number of rotatable bonds is 22. The minimum Gasteiger partial charge on any atom is -0.508 e. The van der Waals surface area contributed by atoms with Gasteiger partial charge in [0.05, 0.1) is 14.2 Å². The molecule has 0 saturated carbocycles. The lowest BCUT2D eigenvalue weighted by Gasteiger charge is -2.19. The number of azo groups is 1. The van der Waals surface area contributed by atoms with E-state index in [1.165, 1.54) is 98.9 Å². The summed E-state index contributed by atoms with van der Waals surface area (Å²) in [6.45, 7) is 44.1. The number of hydrogen-bond acceptors (Lipinski definition) is 16. The van der Waals surface area contributed by atoms with Crippen molar-refractivity contribution in [2.75, 3.05) is 40.3 Å². The number of esters is 5. The first-order valence-electron chi connectivity index (χ1n) is 39.9. The summed E-state index contributed by atoms with van der Waals surface area (Å²) in [6, 6.07) is 75.8. The van der Waals surface area contributed by atoms with Gasteiger partial charge in [0.15, 0.2) is 11.1 Å². The molecule has 9 rings (SSSR count). The standard InChI is InChI=1S/2C12H16O2.C10H18N2O4.C10H10O2.C10H14O.3C10H14.C8H8.C7H10N2.CH4O.CH4/c2*1-4-9(2)11-5-7-12(8-6-11)14-10(3)13;1-9(2,7(13)15-5)11-12-10(3,4)8(14)16-6;1-3-9-4-6-10(7-5-9)12-8(2)11;1-3-8(2)9-4-6-10(11)7-5-9;3*1-3-9(2)10-7-5-4-6-8-10;1-2-8-6-4-3-5-7-8;1-9(2)7-3-5-8-6-4-7;1-2;/h2*5-9H,4H2,1-3H3;1-6H3;3-7H,1H2,2H3;4-8,11H,3H2,1-2H3;3*4-9H,3H2,1-2H3;2-7H,1H2;3-6H,1-2H3;2H,1H3;1H4. The fourth-order valence-corrected chi connectivity index (χ4v) is 9.52. The van der Waals surface area contributed by atoms with Gasteiger partial charge in [-0.2, -0.15) is 10.2 Å². The third kappa shape index (κ3) is 50.8. The molecule has 16 heteroatoms. The second kappa shape index (κ2) is 65.1. The van der Waals surface area contributed by atoms with Crippen molar-refractivity contribution in [3.05, 3.63) is 301 Å². The summed E-state index contributed by atoms with van der Waals surface area (Å²) in [5.74, 6) is 4.08. The number of carbonyl (C=O) groups excluding carboxylic acids is 5. The lowest BCUT2D eigenvalue weighted by atomic mass is 9.99. The summed E-state index contributed by atoms with van der Waals surface area (Å²) >= 11 is 0. The van der Waals surface area contributed by atoms with Gasteiger partial charge in [0, 0.05) is 60.1 Å². The van der Waals surface area contributed by atoms with E-state index in [1.54, 1.807) is 70.4 Å². The van der Waals surface area contributed by atoms with Crippen LogP contribution in [0.25, 0.3) is 12.2 Å². The molecule has 6 atom stereocenters. The summed E-state index contributed by atoms with van der Waals surface area (Å²) < 4.78 is 23.8. The number of phenols is 1. The minimum atomic E-state index is -1.11. The van der Waals surface area contributed by atoms with Crippen LogP contribution in [0.4, 0.5) is 5.69 Å². The van der Waals surface area contributed by atoms with Crippen LogP contribution in [0, 0.1) is 0 Å². The zero-order chi connectivity index (χ0) is 88.0. The van der Waals surface area contributed by atoms with Crippen molar-refractivity contribution in [3.8, 4) is 23.0 Å². The van der Waals surface area contributed by atoms with Crippen LogP contribution < -0.4 is 19.1 Å². The average Bonchev–Trinajstić information content (AvgIpc) is 0.857. The monoisotopic (exact) mass is 1600 g/mol. The molecule has 0 aliphatic rings. The van der Waals surface area contributed by atoms with Gasteiger partial charge in [0.1, 0.15) is 23.0 Å². The molecule has 16 nitrogen and oxygen atoms in total. The van der Waals surface area contributed by atoms with E-state index in [1.807, 2.05) is 140 Å². The van der Waals surface area contributed by atoms with Crippen LogP contribution in [0.1, 0.15) is 258 Å². The van der Waals surface area contributed by atoms with E-state index >= 15 is 0 Å². The van der Waals surface area contributed by atoms with E-state index in [0.29, 0.717) is 58.5 Å². The third-order valence-corrected chi connectivity index (χ3v) is 18.2. The van der Waals surface area contributed by atoms with Crippen molar-refractivity contribution >= 4 is 47.7 Å². The van der Waals surface area contributed by atoms with Gasteiger partial charge in [0.25, 0.3) is 0 Å². The quantitative estimate of drug-likeness (QED) is 0.0367. The van der Waals surface area contributed by atoms with Gasteiger partial charge >= 0.3 is 29.8 Å². The van der Waals surface area contributed by atoms with Gasteiger partial charge in [-0.1, -0.05) is 286 Å². The predicted octanol–water partition coefficient (Wildman–Crippen LogP) is 26.1. The number of ether oxygens (including phenoxy) is 5. The van der Waals surface area contributed by atoms with Gasteiger partial charge < -0.3 is 38.8 Å². The predicted molar refractivity (Wildman–Crippen MR) is 490 cm³/mol. The fraction of sp³-hybridized carbons (Fsp3) is 0.386. The van der Waals surface area contributed by atoms with E-state index in [4.69, 9.17) is 24.4 Å². The number of anilines is 1. The van der Waals surface area contributed by atoms with E-state index in [2.05, 4.69) is 212 Å². The zero-order valence-electron chi connectivity index (χ0n) is 74.1. The first-order chi connectivity index (χ1) is 55.2. The van der Waals surface area contributed by atoms with Crippen LogP contribution in [0.15, 0.2) is 266 Å². The van der Waals surface area contributed by atoms with Crippen LogP contribution in [0.2, 0.25) is 0 Å². The SMILES string of the molecule is C.C=Cc1ccc(OC(C)=O)cc1.C=Cc1ccccc1.CCC(C)c1ccc(O)cc1.CCC(C)c1ccc(OC(C)=O)cc1.CCC(C)c1ccc(OC(C)=O)cc1.CCC(C)c1ccccc1.CCC(C)c1ccccc1.CCC(C)c1ccccc1.CN(C)c1ccncc1.CO.COC(=O)C(C)(C)N=NC(C)(C)C(=O)OC. The number of aromatic nitrogens is 1. The Morgan fingerprint density at radius 1 is 0.385 bits per heavy atom. The Bertz CT molecular complexity index is 3840. The molecule has 1 heterocycles. The molecule has 0 aliphatic heterocycles. The second-order valence-corrected chi connectivity index (χ2v) is 28.4. The normalized spacial score (nSPS) is 11.5. The van der Waals surface area contributed by atoms with Gasteiger partial charge in [-0.05, 0) is 207 Å². The molecule has 0 saturated heterocycles. The Kier molecular flexibility index (Phi) is 61.2. The first-order valence-corrected chi connectivity index (χ1v) is 39.9. The summed E-state index contributed by atoms with van der Waals surface area (Å²) in [5.41, 5.74) is 9.35. The van der Waals surface area contributed by atoms with E-state index in [9.17, 15) is 24.0 Å². The molecule has 8 aromatic carbocycles. The summed E-state index contributed by atoms with van der Waals surface area (Å²) in [4.78, 5) is 60.4. The number of aliphatic hydroxyl groups is 1. The topological polar surface area (TPSA) is 213 Å². The molecule has 1 aromatic heterocycles. The molecule has 0 amide bonds. The number of nitrogens with zero attached hydrogens (tertiary/aromatic N) is 4. The Morgan fingerprint density at radius 3 is 0.812 bits per heavy atom. The summed E-state index contributed by atoms with van der Waals surface area (Å²) in [6.07, 6.45) is 14.2. The maximum Gasteiger partial charge on any atom is 0.335 e. The van der Waals surface area contributed by atoms with E-state index in [-0.39, 0.29) is 25.3 Å². The Labute approximate surface area is 704 Å². The van der Waals surface area contributed by atoms with Crippen LogP contribution in [-0.2, 0) is 33.4 Å². The number of aromatic hydroxyl groups is 1. The number of benzene rings is 8. The largest absolute Gasteiger partial charge is 0.508 e. The van der Waals surface area contributed by atoms with Crippen molar-refractivity contribution < 1.29 is 57.9 Å². The molecule has 9 aromatic rings. The minimum absolute atomic E-state index is 0. The maximum absolute atomic E-state index is 11.3. The molecule has 117 heavy (non-hydrogen) atoms. The number of carbonyl (C=O) groups is 5. The van der Waals surface area contributed by atoms with E-state index < -0.39 is 23.0 Å².